The van der Waals surface area contributed by atoms with Crippen LogP contribution in [-0.4, -0.2) is 46.6 Å². The number of rotatable bonds is 4. The quantitative estimate of drug-likeness (QED) is 0.356. The summed E-state index contributed by atoms with van der Waals surface area (Å²) >= 11 is 0. The number of ether oxygens (including phenoxy) is 1. The molecule has 0 unspecified atom stereocenters. The van der Waals surface area contributed by atoms with Crippen LogP contribution < -0.4 is 15.4 Å². The zero-order chi connectivity index (χ0) is 29.1. The van der Waals surface area contributed by atoms with E-state index >= 15 is 0 Å². The van der Waals surface area contributed by atoms with Gasteiger partial charge >= 0.3 is 6.09 Å². The minimum Gasteiger partial charge on any atom is -0.494 e. The first kappa shape index (κ1) is 27.8. The molecule has 3 heterocycles. The SMILES string of the molecule is COc1cccc(C2=CC(=O)N([C@H]3CCC[C@@H](C)C(=O)Nc4cc(NC(=O)O)ccc4-c4ccnc3c4)CC2)c1F. The molecule has 2 bridgehead atoms. The minimum atomic E-state index is -1.20. The lowest BCUT2D eigenvalue weighted by atomic mass is 9.92. The van der Waals surface area contributed by atoms with Gasteiger partial charge in [0.2, 0.25) is 11.8 Å². The second-order valence-corrected chi connectivity index (χ2v) is 10.3. The van der Waals surface area contributed by atoms with Gasteiger partial charge in [-0.25, -0.2) is 9.18 Å². The second kappa shape index (κ2) is 11.8. The van der Waals surface area contributed by atoms with Crippen molar-refractivity contribution < 1.29 is 28.6 Å². The Morgan fingerprint density at radius 2 is 1.98 bits per heavy atom. The van der Waals surface area contributed by atoms with Crippen molar-refractivity contribution in [3.05, 3.63) is 77.9 Å². The van der Waals surface area contributed by atoms with Crippen LogP contribution in [0.5, 0.6) is 5.75 Å². The largest absolute Gasteiger partial charge is 0.494 e. The monoisotopic (exact) mass is 558 g/mol. The minimum absolute atomic E-state index is 0.128. The molecule has 2 aromatic carbocycles. The lowest BCUT2D eigenvalue weighted by Gasteiger charge is -2.34. The van der Waals surface area contributed by atoms with Gasteiger partial charge in [-0.2, -0.15) is 0 Å². The van der Waals surface area contributed by atoms with Gasteiger partial charge in [0, 0.05) is 41.5 Å². The number of nitrogens with one attached hydrogen (secondary N) is 2. The zero-order valence-electron chi connectivity index (χ0n) is 22.8. The van der Waals surface area contributed by atoms with Crippen LogP contribution in [0.25, 0.3) is 16.7 Å². The van der Waals surface area contributed by atoms with E-state index in [1.54, 1.807) is 47.5 Å². The van der Waals surface area contributed by atoms with Crippen LogP contribution in [-0.2, 0) is 9.59 Å². The molecule has 0 radical (unpaired) electrons. The summed E-state index contributed by atoms with van der Waals surface area (Å²) in [7, 11) is 1.41. The van der Waals surface area contributed by atoms with E-state index in [4.69, 9.17) is 9.84 Å². The predicted molar refractivity (Wildman–Crippen MR) is 153 cm³/mol. The van der Waals surface area contributed by atoms with Crippen LogP contribution in [0.2, 0.25) is 0 Å². The molecule has 2 aliphatic heterocycles. The second-order valence-electron chi connectivity index (χ2n) is 10.3. The molecule has 2 aliphatic rings. The molecule has 9 nitrogen and oxygen atoms in total. The van der Waals surface area contributed by atoms with Crippen molar-refractivity contribution in [3.63, 3.8) is 0 Å². The van der Waals surface area contributed by atoms with Gasteiger partial charge in [-0.1, -0.05) is 31.5 Å². The van der Waals surface area contributed by atoms with E-state index in [9.17, 15) is 18.8 Å². The Labute approximate surface area is 237 Å². The van der Waals surface area contributed by atoms with Crippen LogP contribution in [0.15, 0.2) is 60.8 Å². The molecule has 10 heteroatoms. The van der Waals surface area contributed by atoms with E-state index in [0.717, 1.165) is 5.56 Å². The van der Waals surface area contributed by atoms with Crippen molar-refractivity contribution in [1.82, 2.24) is 9.88 Å². The van der Waals surface area contributed by atoms with Crippen LogP contribution in [0, 0.1) is 11.7 Å². The first-order chi connectivity index (χ1) is 19.7. The average molecular weight is 559 g/mol. The van der Waals surface area contributed by atoms with Gasteiger partial charge in [0.25, 0.3) is 0 Å². The number of carbonyl (C=O) groups is 3. The first-order valence-electron chi connectivity index (χ1n) is 13.5. The summed E-state index contributed by atoms with van der Waals surface area (Å²) in [5, 5.41) is 14.4. The van der Waals surface area contributed by atoms with Gasteiger partial charge < -0.3 is 20.1 Å². The molecule has 2 atom stereocenters. The van der Waals surface area contributed by atoms with Gasteiger partial charge in [0.15, 0.2) is 11.6 Å². The van der Waals surface area contributed by atoms with E-state index in [0.29, 0.717) is 66.0 Å². The summed E-state index contributed by atoms with van der Waals surface area (Å²) < 4.78 is 20.1. The Morgan fingerprint density at radius 3 is 2.73 bits per heavy atom. The highest BCUT2D eigenvalue weighted by molar-refractivity contribution is 5.99. The maximum Gasteiger partial charge on any atom is 0.409 e. The van der Waals surface area contributed by atoms with Gasteiger partial charge in [-0.3, -0.25) is 19.9 Å². The van der Waals surface area contributed by atoms with Crippen molar-refractivity contribution in [2.75, 3.05) is 24.3 Å². The summed E-state index contributed by atoms with van der Waals surface area (Å²) in [5.74, 6) is -1.08. The smallest absolute Gasteiger partial charge is 0.409 e. The third-order valence-electron chi connectivity index (χ3n) is 7.63. The summed E-state index contributed by atoms with van der Waals surface area (Å²) in [6, 6.07) is 13.2. The number of benzene rings is 2. The summed E-state index contributed by atoms with van der Waals surface area (Å²) in [6.45, 7) is 2.23. The number of methoxy groups -OCH3 is 1. The number of nitrogens with zero attached hydrogens (tertiary/aromatic N) is 2. The van der Waals surface area contributed by atoms with Crippen LogP contribution >= 0.6 is 0 Å². The maximum absolute atomic E-state index is 14.9. The number of anilines is 2. The maximum atomic E-state index is 14.9. The number of hydrogen-bond donors (Lipinski definition) is 3. The normalized spacial score (nSPS) is 19.2. The molecule has 5 rings (SSSR count). The van der Waals surface area contributed by atoms with Crippen molar-refractivity contribution in [2.45, 2.75) is 38.6 Å². The van der Waals surface area contributed by atoms with E-state index in [1.165, 1.54) is 13.2 Å². The molecule has 0 saturated heterocycles. The Kier molecular flexibility index (Phi) is 8.00. The fourth-order valence-corrected chi connectivity index (χ4v) is 5.46. The highest BCUT2D eigenvalue weighted by Crippen LogP contribution is 2.37. The molecule has 212 valence electrons. The third kappa shape index (κ3) is 5.91. The summed E-state index contributed by atoms with van der Waals surface area (Å²) in [4.78, 5) is 44.2. The molecular weight excluding hydrogens is 527 g/mol. The molecule has 41 heavy (non-hydrogen) atoms. The number of carboxylic acid groups (broad SMARTS) is 1. The number of carbonyl (C=O) groups excluding carboxylic acids is 2. The summed E-state index contributed by atoms with van der Waals surface area (Å²) in [6.07, 6.45) is 4.28. The number of amides is 3. The molecule has 0 aliphatic carbocycles. The molecule has 1 aromatic heterocycles. The van der Waals surface area contributed by atoms with Crippen molar-refractivity contribution in [3.8, 4) is 16.9 Å². The first-order valence-corrected chi connectivity index (χ1v) is 13.5. The van der Waals surface area contributed by atoms with Gasteiger partial charge in [-0.05, 0) is 60.7 Å². The lowest BCUT2D eigenvalue weighted by molar-refractivity contribution is -0.129. The number of pyridine rings is 1. The molecule has 3 amide bonds. The zero-order valence-corrected chi connectivity index (χ0v) is 22.8. The molecule has 0 saturated carbocycles. The Bertz CT molecular complexity index is 1540. The van der Waals surface area contributed by atoms with E-state index in [1.807, 2.05) is 19.1 Å². The topological polar surface area (TPSA) is 121 Å². The van der Waals surface area contributed by atoms with Gasteiger partial charge in [0.05, 0.1) is 24.5 Å². The van der Waals surface area contributed by atoms with Crippen LogP contribution in [0.1, 0.15) is 49.9 Å². The molecular formula is C31H31FN4O5. The standard InChI is InChI=1S/C31H31FN4O5/c1-18-5-3-7-26(36-14-12-20(16-28(36)37)23-6-4-8-27(41-2)29(23)32)25-15-19(11-13-33-25)22-10-9-21(34-31(39)40)17-24(22)35-30(18)38/h4,6,8-11,13,15-18,26,34H,3,5,7,12,14H2,1-2H3,(H,35,38)(H,39,40)/t18-,26+/m1/s1. The molecule has 0 fully saturated rings. The van der Waals surface area contributed by atoms with E-state index in [-0.39, 0.29) is 29.5 Å². The lowest BCUT2D eigenvalue weighted by Crippen LogP contribution is -2.38. The van der Waals surface area contributed by atoms with Crippen LogP contribution in [0.4, 0.5) is 20.6 Å². The Balaban J connectivity index is 1.52. The Morgan fingerprint density at radius 1 is 1.15 bits per heavy atom. The van der Waals surface area contributed by atoms with Crippen molar-refractivity contribution in [1.29, 1.82) is 0 Å². The highest BCUT2D eigenvalue weighted by atomic mass is 19.1. The number of fused-ring (bicyclic) bond motifs is 4. The Hall–Kier alpha value is -4.73. The number of aromatic nitrogens is 1. The summed E-state index contributed by atoms with van der Waals surface area (Å²) in [5.41, 5.74) is 3.95. The van der Waals surface area contributed by atoms with Gasteiger partial charge in [0.1, 0.15) is 0 Å². The average Bonchev–Trinajstić information content (AvgIpc) is 2.95. The van der Waals surface area contributed by atoms with Gasteiger partial charge in [-0.15, -0.1) is 0 Å². The van der Waals surface area contributed by atoms with E-state index in [2.05, 4.69) is 15.6 Å². The third-order valence-corrected chi connectivity index (χ3v) is 7.63. The van der Waals surface area contributed by atoms with Crippen molar-refractivity contribution in [2.24, 2.45) is 5.92 Å². The molecule has 0 spiro atoms. The fraction of sp³-hybridized carbons (Fsp3) is 0.290. The number of halogens is 1. The predicted octanol–water partition coefficient (Wildman–Crippen LogP) is 6.10. The molecule has 3 aromatic rings. The fourth-order valence-electron chi connectivity index (χ4n) is 5.46. The molecule has 3 N–H and O–H groups in total. The van der Waals surface area contributed by atoms with Crippen LogP contribution in [0.3, 0.4) is 0 Å². The van der Waals surface area contributed by atoms with Crippen molar-refractivity contribution >= 4 is 34.9 Å². The number of hydrogen-bond acceptors (Lipinski definition) is 5. The van der Waals surface area contributed by atoms with E-state index < -0.39 is 11.9 Å². The highest BCUT2D eigenvalue weighted by Gasteiger charge is 2.30.